The SMILES string of the molecule is Cc1ccc(NC(=O)NCC2(CC(=O)O)CCC2)c(Cl)c1. The molecule has 1 aliphatic carbocycles. The van der Waals surface area contributed by atoms with Crippen molar-refractivity contribution >= 4 is 29.3 Å². The number of aryl methyl sites for hydroxylation is 1. The molecule has 1 aromatic rings. The normalized spacial score (nSPS) is 15.9. The molecule has 114 valence electrons. The van der Waals surface area contributed by atoms with Crippen molar-refractivity contribution < 1.29 is 14.7 Å². The fourth-order valence-electron chi connectivity index (χ4n) is 2.57. The molecule has 0 bridgehead atoms. The lowest BCUT2D eigenvalue weighted by Gasteiger charge is -2.40. The molecule has 6 heteroatoms. The highest BCUT2D eigenvalue weighted by Gasteiger charge is 2.39. The van der Waals surface area contributed by atoms with E-state index in [-0.39, 0.29) is 17.9 Å². The van der Waals surface area contributed by atoms with Gasteiger partial charge in [-0.2, -0.15) is 0 Å². The van der Waals surface area contributed by atoms with Gasteiger partial charge in [0.2, 0.25) is 0 Å². The van der Waals surface area contributed by atoms with E-state index < -0.39 is 5.97 Å². The zero-order valence-corrected chi connectivity index (χ0v) is 12.7. The number of nitrogens with one attached hydrogen (secondary N) is 2. The molecule has 0 saturated heterocycles. The van der Waals surface area contributed by atoms with Gasteiger partial charge in [0.15, 0.2) is 0 Å². The van der Waals surface area contributed by atoms with Crippen LogP contribution in [0.4, 0.5) is 10.5 Å². The molecule has 0 unspecified atom stereocenters. The first-order valence-corrected chi connectivity index (χ1v) is 7.31. The van der Waals surface area contributed by atoms with Crippen LogP contribution in [-0.2, 0) is 4.79 Å². The third kappa shape index (κ3) is 4.11. The highest BCUT2D eigenvalue weighted by Crippen LogP contribution is 2.43. The van der Waals surface area contributed by atoms with Crippen molar-refractivity contribution in [3.63, 3.8) is 0 Å². The molecule has 0 aliphatic heterocycles. The van der Waals surface area contributed by atoms with Crippen LogP contribution in [-0.4, -0.2) is 23.7 Å². The summed E-state index contributed by atoms with van der Waals surface area (Å²) in [5.41, 5.74) is 1.27. The molecule has 1 aromatic carbocycles. The minimum Gasteiger partial charge on any atom is -0.481 e. The van der Waals surface area contributed by atoms with E-state index in [2.05, 4.69) is 10.6 Å². The van der Waals surface area contributed by atoms with Gasteiger partial charge in [-0.3, -0.25) is 4.79 Å². The predicted molar refractivity (Wildman–Crippen MR) is 81.7 cm³/mol. The highest BCUT2D eigenvalue weighted by molar-refractivity contribution is 6.33. The standard InChI is InChI=1S/C15H19ClN2O3/c1-10-3-4-12(11(16)7-10)18-14(21)17-9-15(5-2-6-15)8-13(19)20/h3-4,7H,2,5-6,8-9H2,1H3,(H,19,20)(H2,17,18,21). The van der Waals surface area contributed by atoms with Gasteiger partial charge in [-0.25, -0.2) is 4.79 Å². The second-order valence-electron chi connectivity index (χ2n) is 5.72. The molecule has 21 heavy (non-hydrogen) atoms. The number of benzene rings is 1. The lowest BCUT2D eigenvalue weighted by atomic mass is 9.66. The topological polar surface area (TPSA) is 78.4 Å². The van der Waals surface area contributed by atoms with Crippen molar-refractivity contribution in [2.45, 2.75) is 32.6 Å². The first kappa shape index (κ1) is 15.6. The van der Waals surface area contributed by atoms with Gasteiger partial charge in [0.25, 0.3) is 0 Å². The Morgan fingerprint density at radius 3 is 2.62 bits per heavy atom. The molecule has 0 atom stereocenters. The Bertz CT molecular complexity index is 556. The Hall–Kier alpha value is -1.75. The van der Waals surface area contributed by atoms with Crippen LogP contribution in [0.2, 0.25) is 5.02 Å². The van der Waals surface area contributed by atoms with E-state index >= 15 is 0 Å². The highest BCUT2D eigenvalue weighted by atomic mass is 35.5. The second-order valence-corrected chi connectivity index (χ2v) is 6.12. The van der Waals surface area contributed by atoms with E-state index in [1.807, 2.05) is 13.0 Å². The molecule has 5 nitrogen and oxygen atoms in total. The van der Waals surface area contributed by atoms with Gasteiger partial charge < -0.3 is 15.7 Å². The van der Waals surface area contributed by atoms with Crippen molar-refractivity contribution in [3.05, 3.63) is 28.8 Å². The van der Waals surface area contributed by atoms with E-state index in [1.54, 1.807) is 12.1 Å². The maximum Gasteiger partial charge on any atom is 0.319 e. The number of carboxylic acid groups (broad SMARTS) is 1. The molecule has 2 rings (SSSR count). The van der Waals surface area contributed by atoms with Crippen LogP contribution in [0.25, 0.3) is 0 Å². The van der Waals surface area contributed by atoms with Crippen LogP contribution in [0.15, 0.2) is 18.2 Å². The Labute approximate surface area is 128 Å². The first-order valence-electron chi connectivity index (χ1n) is 6.93. The van der Waals surface area contributed by atoms with E-state index in [9.17, 15) is 9.59 Å². The molecule has 0 heterocycles. The van der Waals surface area contributed by atoms with Crippen molar-refractivity contribution in [1.29, 1.82) is 0 Å². The molecule has 0 spiro atoms. The van der Waals surface area contributed by atoms with Gasteiger partial charge in [-0.05, 0) is 42.9 Å². The minimum absolute atomic E-state index is 0.0958. The monoisotopic (exact) mass is 310 g/mol. The molecule has 0 radical (unpaired) electrons. The number of amides is 2. The maximum atomic E-state index is 11.9. The number of hydrogen-bond donors (Lipinski definition) is 3. The number of aliphatic carboxylic acids is 1. The van der Waals surface area contributed by atoms with E-state index in [0.717, 1.165) is 24.8 Å². The number of rotatable bonds is 5. The van der Waals surface area contributed by atoms with Gasteiger partial charge in [-0.15, -0.1) is 0 Å². The maximum absolute atomic E-state index is 11.9. The smallest absolute Gasteiger partial charge is 0.319 e. The first-order chi connectivity index (χ1) is 9.90. The quantitative estimate of drug-likeness (QED) is 0.779. The molecule has 1 aliphatic rings. The minimum atomic E-state index is -0.821. The summed E-state index contributed by atoms with van der Waals surface area (Å²) < 4.78 is 0. The largest absolute Gasteiger partial charge is 0.481 e. The lowest BCUT2D eigenvalue weighted by molar-refractivity contribution is -0.141. The Kier molecular flexibility index (Phi) is 4.73. The Balaban J connectivity index is 1.88. The molecule has 0 aromatic heterocycles. The van der Waals surface area contributed by atoms with Crippen LogP contribution in [0.1, 0.15) is 31.2 Å². The molecule has 1 saturated carbocycles. The fourth-order valence-corrected chi connectivity index (χ4v) is 2.85. The van der Waals surface area contributed by atoms with Crippen molar-refractivity contribution in [2.24, 2.45) is 5.41 Å². The van der Waals surface area contributed by atoms with E-state index in [4.69, 9.17) is 16.7 Å². The number of halogens is 1. The number of carbonyl (C=O) groups is 2. The lowest BCUT2D eigenvalue weighted by Crippen LogP contribution is -2.44. The van der Waals surface area contributed by atoms with Crippen LogP contribution < -0.4 is 10.6 Å². The van der Waals surface area contributed by atoms with Gasteiger partial charge in [0, 0.05) is 6.54 Å². The number of carboxylic acids is 1. The van der Waals surface area contributed by atoms with Crippen LogP contribution in [0.3, 0.4) is 0 Å². The van der Waals surface area contributed by atoms with Gasteiger partial charge in [-0.1, -0.05) is 24.1 Å². The average Bonchev–Trinajstić information content (AvgIpc) is 2.35. The summed E-state index contributed by atoms with van der Waals surface area (Å²) in [7, 11) is 0. The van der Waals surface area contributed by atoms with Crippen LogP contribution in [0, 0.1) is 12.3 Å². The molecule has 1 fully saturated rings. The molecular formula is C15H19ClN2O3. The van der Waals surface area contributed by atoms with Crippen molar-refractivity contribution in [2.75, 3.05) is 11.9 Å². The fraction of sp³-hybridized carbons (Fsp3) is 0.467. The summed E-state index contributed by atoms with van der Waals surface area (Å²) in [4.78, 5) is 22.8. The number of hydrogen-bond acceptors (Lipinski definition) is 2. The molecule has 3 N–H and O–H groups in total. The van der Waals surface area contributed by atoms with Crippen molar-refractivity contribution in [3.8, 4) is 0 Å². The average molecular weight is 311 g/mol. The third-order valence-corrected chi connectivity index (χ3v) is 4.25. The third-order valence-electron chi connectivity index (χ3n) is 3.94. The summed E-state index contributed by atoms with van der Waals surface area (Å²) in [6.07, 6.45) is 2.79. The second kappa shape index (κ2) is 6.35. The van der Waals surface area contributed by atoms with Gasteiger partial charge >= 0.3 is 12.0 Å². The van der Waals surface area contributed by atoms with Crippen LogP contribution in [0.5, 0.6) is 0 Å². The summed E-state index contributed by atoms with van der Waals surface area (Å²) in [6, 6.07) is 5.01. The molecule has 2 amide bonds. The Morgan fingerprint density at radius 1 is 1.38 bits per heavy atom. The number of urea groups is 1. The van der Waals surface area contributed by atoms with E-state index in [1.165, 1.54) is 0 Å². The summed E-state index contributed by atoms with van der Waals surface area (Å²) in [5, 5.41) is 14.8. The predicted octanol–water partition coefficient (Wildman–Crippen LogP) is 3.41. The van der Waals surface area contributed by atoms with Gasteiger partial charge in [0.05, 0.1) is 17.1 Å². The summed E-state index contributed by atoms with van der Waals surface area (Å²) >= 11 is 6.05. The van der Waals surface area contributed by atoms with Crippen molar-refractivity contribution in [1.82, 2.24) is 5.32 Å². The van der Waals surface area contributed by atoms with E-state index in [0.29, 0.717) is 17.3 Å². The van der Waals surface area contributed by atoms with Crippen LogP contribution >= 0.6 is 11.6 Å². The van der Waals surface area contributed by atoms with Gasteiger partial charge in [0.1, 0.15) is 0 Å². The summed E-state index contributed by atoms with van der Waals surface area (Å²) in [5.74, 6) is -0.821. The molecular weight excluding hydrogens is 292 g/mol. The summed E-state index contributed by atoms with van der Waals surface area (Å²) in [6.45, 7) is 2.29. The number of carbonyl (C=O) groups excluding carboxylic acids is 1. The number of anilines is 1. The Morgan fingerprint density at radius 2 is 2.10 bits per heavy atom. The zero-order chi connectivity index (χ0) is 15.5. The zero-order valence-electron chi connectivity index (χ0n) is 11.9.